The zero-order valence-corrected chi connectivity index (χ0v) is 9.55. The Morgan fingerprint density at radius 3 is 2.72 bits per heavy atom. The largest absolute Gasteiger partial charge is 0.467 e. The molecule has 1 aromatic heterocycles. The molecule has 0 fully saturated rings. The van der Waals surface area contributed by atoms with Crippen LogP contribution in [0.2, 0.25) is 0 Å². The number of aryl methyl sites for hydroxylation is 1. The van der Waals surface area contributed by atoms with Crippen LogP contribution in [0.15, 0.2) is 12.3 Å². The van der Waals surface area contributed by atoms with E-state index in [-0.39, 0.29) is 18.7 Å². The van der Waals surface area contributed by atoms with Crippen LogP contribution in [-0.2, 0) is 28.7 Å². The molecule has 100 valence electrons. The van der Waals surface area contributed by atoms with Gasteiger partial charge in [0, 0.05) is 31.3 Å². The Morgan fingerprint density at radius 1 is 1.50 bits per heavy atom. The predicted octanol–water partition coefficient (Wildman–Crippen LogP) is 2.33. The first-order valence-corrected chi connectivity index (χ1v) is 5.30. The highest BCUT2D eigenvalue weighted by molar-refractivity contribution is 5.80. The first kappa shape index (κ1) is 12.9. The molecule has 1 unspecified atom stereocenters. The molecular weight excluding hydrogens is 254 g/mol. The van der Waals surface area contributed by atoms with Crippen molar-refractivity contribution in [2.24, 2.45) is 0 Å². The Kier molecular flexibility index (Phi) is 2.87. The summed E-state index contributed by atoms with van der Waals surface area (Å²) in [6, 6.07) is 0.901. The van der Waals surface area contributed by atoms with E-state index >= 15 is 0 Å². The molecular formula is C11H11F4NO2. The number of aromatic nitrogens is 1. The van der Waals surface area contributed by atoms with Crippen molar-refractivity contribution in [3.8, 4) is 0 Å². The van der Waals surface area contributed by atoms with Crippen LogP contribution in [0.25, 0.3) is 0 Å². The zero-order chi connectivity index (χ0) is 13.6. The highest BCUT2D eigenvalue weighted by Crippen LogP contribution is 2.38. The number of nitrogens with zero attached hydrogens (tertiary/aromatic N) is 1. The van der Waals surface area contributed by atoms with Crippen molar-refractivity contribution < 1.29 is 27.1 Å². The van der Waals surface area contributed by atoms with Gasteiger partial charge in [-0.2, -0.15) is 13.2 Å². The molecule has 7 heteroatoms. The second kappa shape index (κ2) is 4.00. The van der Waals surface area contributed by atoms with Gasteiger partial charge in [-0.15, -0.1) is 0 Å². The summed E-state index contributed by atoms with van der Waals surface area (Å²) in [7, 11) is 1.02. The van der Waals surface area contributed by atoms with Gasteiger partial charge in [-0.25, -0.2) is 9.18 Å². The van der Waals surface area contributed by atoms with E-state index in [2.05, 4.69) is 4.74 Å². The molecule has 2 rings (SSSR count). The summed E-state index contributed by atoms with van der Waals surface area (Å²) in [6.45, 7) is 0.0248. The second-order valence-corrected chi connectivity index (χ2v) is 4.25. The van der Waals surface area contributed by atoms with Crippen molar-refractivity contribution in [1.82, 2.24) is 4.57 Å². The molecule has 1 aromatic rings. The minimum absolute atomic E-state index is 0.0248. The number of methoxy groups -OCH3 is 1. The van der Waals surface area contributed by atoms with Crippen LogP contribution in [0.3, 0.4) is 0 Å². The molecule has 0 aliphatic carbocycles. The minimum atomic E-state index is -4.55. The van der Waals surface area contributed by atoms with Crippen molar-refractivity contribution in [2.45, 2.75) is 31.2 Å². The Balaban J connectivity index is 2.39. The lowest BCUT2D eigenvalue weighted by Crippen LogP contribution is -2.42. The van der Waals surface area contributed by atoms with Crippen LogP contribution >= 0.6 is 0 Å². The fourth-order valence-electron chi connectivity index (χ4n) is 2.18. The molecule has 1 atom stereocenters. The lowest BCUT2D eigenvalue weighted by atomic mass is 9.91. The number of halogens is 4. The maximum Gasteiger partial charge on any atom is 0.418 e. The number of carbonyl (C=O) groups excluding carboxylic acids is 1. The summed E-state index contributed by atoms with van der Waals surface area (Å²) in [5, 5.41) is 0. The summed E-state index contributed by atoms with van der Waals surface area (Å²) < 4.78 is 57.9. The van der Waals surface area contributed by atoms with Crippen molar-refractivity contribution in [3.05, 3.63) is 23.5 Å². The molecule has 3 nitrogen and oxygen atoms in total. The highest BCUT2D eigenvalue weighted by Gasteiger charge is 2.46. The number of rotatable bonds is 1. The van der Waals surface area contributed by atoms with Gasteiger partial charge in [-0.3, -0.25) is 0 Å². The molecule has 1 aliphatic heterocycles. The van der Waals surface area contributed by atoms with Gasteiger partial charge < -0.3 is 9.30 Å². The molecule has 0 saturated carbocycles. The number of esters is 1. The van der Waals surface area contributed by atoms with Crippen LogP contribution < -0.4 is 0 Å². The number of fused-ring (bicyclic) bond motifs is 1. The van der Waals surface area contributed by atoms with Crippen molar-refractivity contribution >= 4 is 5.97 Å². The first-order chi connectivity index (χ1) is 8.28. The fraction of sp³-hybridized carbons (Fsp3) is 0.545. The van der Waals surface area contributed by atoms with Crippen LogP contribution in [-0.4, -0.2) is 23.3 Å². The number of ether oxygens (including phenoxy) is 1. The van der Waals surface area contributed by atoms with Gasteiger partial charge in [-0.05, 0) is 6.07 Å². The summed E-state index contributed by atoms with van der Waals surface area (Å²) >= 11 is 0. The average molecular weight is 265 g/mol. The second-order valence-electron chi connectivity index (χ2n) is 4.25. The maximum atomic E-state index is 14.2. The van der Waals surface area contributed by atoms with Gasteiger partial charge in [-0.1, -0.05) is 0 Å². The maximum absolute atomic E-state index is 14.2. The molecule has 0 amide bonds. The van der Waals surface area contributed by atoms with Gasteiger partial charge in [0.05, 0.1) is 12.7 Å². The van der Waals surface area contributed by atoms with Crippen LogP contribution in [0.5, 0.6) is 0 Å². The third-order valence-corrected chi connectivity index (χ3v) is 3.13. The van der Waals surface area contributed by atoms with Crippen LogP contribution in [0.4, 0.5) is 17.6 Å². The quantitative estimate of drug-likeness (QED) is 0.576. The average Bonchev–Trinajstić information content (AvgIpc) is 2.70. The predicted molar refractivity (Wildman–Crippen MR) is 53.6 cm³/mol. The van der Waals surface area contributed by atoms with Gasteiger partial charge in [0.1, 0.15) is 0 Å². The van der Waals surface area contributed by atoms with Crippen LogP contribution in [0, 0.1) is 0 Å². The monoisotopic (exact) mass is 265 g/mol. The molecule has 0 aromatic carbocycles. The summed E-state index contributed by atoms with van der Waals surface area (Å²) in [4.78, 5) is 11.3. The lowest BCUT2D eigenvalue weighted by Gasteiger charge is -2.29. The van der Waals surface area contributed by atoms with E-state index in [1.165, 1.54) is 10.8 Å². The van der Waals surface area contributed by atoms with Crippen molar-refractivity contribution in [2.75, 3.05) is 7.11 Å². The van der Waals surface area contributed by atoms with Gasteiger partial charge in [0.25, 0.3) is 0 Å². The summed E-state index contributed by atoms with van der Waals surface area (Å²) in [5.74, 6) is -1.12. The van der Waals surface area contributed by atoms with Crippen molar-refractivity contribution in [1.29, 1.82) is 0 Å². The topological polar surface area (TPSA) is 31.2 Å². The molecule has 2 heterocycles. The van der Waals surface area contributed by atoms with Gasteiger partial charge in [0.15, 0.2) is 0 Å². The molecule has 1 aliphatic rings. The summed E-state index contributed by atoms with van der Waals surface area (Å²) in [6.07, 6.45) is -4.08. The van der Waals surface area contributed by atoms with Gasteiger partial charge in [0.2, 0.25) is 5.67 Å². The Bertz CT molecular complexity index is 480. The fourth-order valence-corrected chi connectivity index (χ4v) is 2.18. The molecule has 0 saturated heterocycles. The molecule has 0 radical (unpaired) electrons. The molecule has 0 spiro atoms. The Labute approximate surface area is 100 Å². The van der Waals surface area contributed by atoms with Gasteiger partial charge >= 0.3 is 12.1 Å². The van der Waals surface area contributed by atoms with E-state index in [1.807, 2.05) is 0 Å². The van der Waals surface area contributed by atoms with Crippen LogP contribution in [0.1, 0.15) is 17.7 Å². The molecule has 0 N–H and O–H groups in total. The lowest BCUT2D eigenvalue weighted by molar-refractivity contribution is -0.157. The molecule has 0 bridgehead atoms. The number of hydrogen-bond acceptors (Lipinski definition) is 2. The minimum Gasteiger partial charge on any atom is -0.467 e. The third kappa shape index (κ3) is 1.97. The highest BCUT2D eigenvalue weighted by atomic mass is 19.4. The van der Waals surface area contributed by atoms with E-state index in [1.54, 1.807) is 0 Å². The third-order valence-electron chi connectivity index (χ3n) is 3.13. The van der Waals surface area contributed by atoms with E-state index in [9.17, 15) is 22.4 Å². The summed E-state index contributed by atoms with van der Waals surface area (Å²) in [5.41, 5.74) is -3.47. The number of hydrogen-bond donors (Lipinski definition) is 0. The number of carbonyl (C=O) groups is 1. The van der Waals surface area contributed by atoms with E-state index in [0.29, 0.717) is 0 Å². The SMILES string of the molecule is COC(=O)C1(F)CCn2ccc(C(F)(F)F)c2C1. The molecule has 18 heavy (non-hydrogen) atoms. The first-order valence-electron chi connectivity index (χ1n) is 5.30. The normalized spacial score (nSPS) is 23.6. The van der Waals surface area contributed by atoms with E-state index in [0.717, 1.165) is 13.2 Å². The van der Waals surface area contributed by atoms with E-state index in [4.69, 9.17) is 0 Å². The van der Waals surface area contributed by atoms with E-state index < -0.39 is 29.8 Å². The standard InChI is InChI=1S/C11H11F4NO2/c1-18-9(17)10(12)3-5-16-4-2-7(8(16)6-10)11(13,14)15/h2,4H,3,5-6H2,1H3. The number of alkyl halides is 4. The zero-order valence-electron chi connectivity index (χ0n) is 9.55. The van der Waals surface area contributed by atoms with Crippen molar-refractivity contribution in [3.63, 3.8) is 0 Å². The smallest absolute Gasteiger partial charge is 0.418 e. The Hall–Kier alpha value is -1.53. The Morgan fingerprint density at radius 2 is 2.17 bits per heavy atom.